The molecule has 8 heteroatoms. The van der Waals surface area contributed by atoms with E-state index in [-0.39, 0.29) is 18.0 Å². The zero-order chi connectivity index (χ0) is 28.4. The molecule has 6 nitrogen and oxygen atoms in total. The number of aryl methyl sites for hydroxylation is 2. The summed E-state index contributed by atoms with van der Waals surface area (Å²) in [6, 6.07) is 19.0. The number of thiazole rings is 1. The van der Waals surface area contributed by atoms with E-state index in [4.69, 9.17) is 9.47 Å². The van der Waals surface area contributed by atoms with Crippen molar-refractivity contribution in [2.24, 2.45) is 4.99 Å². The molecule has 1 atom stereocenters. The fraction of sp³-hybridized carbons (Fsp3) is 0.219. The quantitative estimate of drug-likeness (QED) is 0.296. The monoisotopic (exact) mass is 556 g/mol. The average molecular weight is 557 g/mol. The number of esters is 1. The van der Waals surface area contributed by atoms with Crippen molar-refractivity contribution in [3.8, 4) is 5.75 Å². The number of halogens is 1. The molecular formula is C32H29FN2O4S. The highest BCUT2D eigenvalue weighted by molar-refractivity contribution is 7.07. The van der Waals surface area contributed by atoms with Gasteiger partial charge in [0.2, 0.25) is 0 Å². The summed E-state index contributed by atoms with van der Waals surface area (Å²) in [5.41, 5.74) is 5.05. The summed E-state index contributed by atoms with van der Waals surface area (Å²) in [7, 11) is 0. The molecule has 5 rings (SSSR count). The Bertz CT molecular complexity index is 1760. The lowest BCUT2D eigenvalue weighted by Gasteiger charge is -2.24. The van der Waals surface area contributed by atoms with Crippen LogP contribution in [0.3, 0.4) is 0 Å². The van der Waals surface area contributed by atoms with Crippen LogP contribution in [0.25, 0.3) is 6.08 Å². The summed E-state index contributed by atoms with van der Waals surface area (Å²) in [6.07, 6.45) is 1.85. The van der Waals surface area contributed by atoms with Crippen molar-refractivity contribution < 1.29 is 18.7 Å². The Hall–Kier alpha value is -4.30. The highest BCUT2D eigenvalue weighted by Gasteiger charge is 2.33. The van der Waals surface area contributed by atoms with Crippen LogP contribution in [-0.4, -0.2) is 17.1 Å². The van der Waals surface area contributed by atoms with Gasteiger partial charge < -0.3 is 9.47 Å². The van der Waals surface area contributed by atoms with E-state index in [9.17, 15) is 14.0 Å². The largest absolute Gasteiger partial charge is 0.488 e. The molecule has 4 aromatic rings. The van der Waals surface area contributed by atoms with Gasteiger partial charge in [0.15, 0.2) is 4.80 Å². The first-order valence-electron chi connectivity index (χ1n) is 13.0. The molecule has 1 aliphatic heterocycles. The molecule has 0 aliphatic carbocycles. The molecular weight excluding hydrogens is 527 g/mol. The third-order valence-electron chi connectivity index (χ3n) is 6.71. The van der Waals surface area contributed by atoms with E-state index >= 15 is 0 Å². The predicted molar refractivity (Wildman–Crippen MR) is 153 cm³/mol. The summed E-state index contributed by atoms with van der Waals surface area (Å²) >= 11 is 1.29. The van der Waals surface area contributed by atoms with E-state index in [0.29, 0.717) is 27.2 Å². The van der Waals surface area contributed by atoms with Crippen molar-refractivity contribution >= 4 is 23.4 Å². The van der Waals surface area contributed by atoms with Crippen LogP contribution < -0.4 is 19.6 Å². The Morgan fingerprint density at radius 3 is 2.38 bits per heavy atom. The highest BCUT2D eigenvalue weighted by atomic mass is 32.1. The summed E-state index contributed by atoms with van der Waals surface area (Å²) in [4.78, 5) is 32.0. The molecule has 1 aliphatic rings. The van der Waals surface area contributed by atoms with Crippen molar-refractivity contribution in [3.63, 3.8) is 0 Å². The number of carbonyl (C=O) groups is 1. The SMILES string of the molecule is CCOC(=O)C1=C(C)N=c2s/c(=C\c3cc(C)c(OCc4ccc(F)cc4)c(C)c3)c(=O)n2[C@H]1c1ccccc1. The van der Waals surface area contributed by atoms with E-state index in [1.165, 1.54) is 23.5 Å². The lowest BCUT2D eigenvalue weighted by atomic mass is 9.96. The molecule has 204 valence electrons. The summed E-state index contributed by atoms with van der Waals surface area (Å²) in [5, 5.41) is 0. The van der Waals surface area contributed by atoms with Crippen molar-refractivity contribution in [2.45, 2.75) is 40.3 Å². The van der Waals surface area contributed by atoms with Crippen molar-refractivity contribution in [2.75, 3.05) is 6.61 Å². The van der Waals surface area contributed by atoms with Crippen LogP contribution in [0.4, 0.5) is 4.39 Å². The van der Waals surface area contributed by atoms with Gasteiger partial charge in [-0.15, -0.1) is 0 Å². The van der Waals surface area contributed by atoms with E-state index in [2.05, 4.69) is 4.99 Å². The van der Waals surface area contributed by atoms with Gasteiger partial charge in [-0.1, -0.05) is 53.8 Å². The van der Waals surface area contributed by atoms with Crippen molar-refractivity contribution in [1.82, 2.24) is 4.57 Å². The smallest absolute Gasteiger partial charge is 0.338 e. The Kier molecular flexibility index (Phi) is 7.80. The maximum Gasteiger partial charge on any atom is 0.338 e. The number of allylic oxidation sites excluding steroid dienone is 1. The molecule has 1 aromatic heterocycles. The van der Waals surface area contributed by atoms with Crippen LogP contribution in [0.1, 0.15) is 47.7 Å². The first-order valence-corrected chi connectivity index (χ1v) is 13.8. The minimum Gasteiger partial charge on any atom is -0.488 e. The van der Waals surface area contributed by atoms with Crippen molar-refractivity contribution in [3.05, 3.63) is 131 Å². The first kappa shape index (κ1) is 27.3. The van der Waals surface area contributed by atoms with E-state index in [1.54, 1.807) is 30.5 Å². The second-order valence-corrected chi connectivity index (χ2v) is 10.6. The van der Waals surface area contributed by atoms with Gasteiger partial charge in [-0.05, 0) is 85.9 Å². The lowest BCUT2D eigenvalue weighted by molar-refractivity contribution is -0.139. The number of carbonyl (C=O) groups excluding carboxylic acids is 1. The second-order valence-electron chi connectivity index (χ2n) is 9.61. The van der Waals surface area contributed by atoms with Crippen LogP contribution in [0.2, 0.25) is 0 Å². The van der Waals surface area contributed by atoms with Crippen LogP contribution in [0.15, 0.2) is 87.8 Å². The minimum absolute atomic E-state index is 0.223. The summed E-state index contributed by atoms with van der Waals surface area (Å²) in [6.45, 7) is 7.98. The number of nitrogens with zero attached hydrogens (tertiary/aromatic N) is 2. The topological polar surface area (TPSA) is 69.9 Å². The Morgan fingerprint density at radius 1 is 1.05 bits per heavy atom. The fourth-order valence-corrected chi connectivity index (χ4v) is 5.97. The van der Waals surface area contributed by atoms with Gasteiger partial charge in [-0.3, -0.25) is 9.36 Å². The van der Waals surface area contributed by atoms with Crippen LogP contribution in [-0.2, 0) is 16.1 Å². The molecule has 0 radical (unpaired) electrons. The molecule has 0 fully saturated rings. The average Bonchev–Trinajstić information content (AvgIpc) is 3.23. The number of fused-ring (bicyclic) bond motifs is 1. The Morgan fingerprint density at radius 2 is 1.73 bits per heavy atom. The van der Waals surface area contributed by atoms with E-state index in [1.807, 2.05) is 62.4 Å². The van der Waals surface area contributed by atoms with Crippen LogP contribution >= 0.6 is 11.3 Å². The normalized spacial score (nSPS) is 15.0. The molecule has 0 spiro atoms. The standard InChI is InChI=1S/C32H29FN2O4S/c1-5-38-31(37)27-21(4)34-32-35(28(27)24-9-7-6-8-10-24)30(36)26(40-32)17-23-15-19(2)29(20(3)16-23)39-18-22-11-13-25(33)14-12-22/h6-17,28H,5,18H2,1-4H3/b26-17-/t28-/m0/s1. The zero-order valence-electron chi connectivity index (χ0n) is 22.7. The van der Waals surface area contributed by atoms with Gasteiger partial charge in [-0.2, -0.15) is 0 Å². The number of rotatable bonds is 7. The number of benzene rings is 3. The van der Waals surface area contributed by atoms with E-state index in [0.717, 1.165) is 33.6 Å². The predicted octanol–water partition coefficient (Wildman–Crippen LogP) is 5.13. The summed E-state index contributed by atoms with van der Waals surface area (Å²) in [5.74, 6) is -0.0100. The van der Waals surface area contributed by atoms with Gasteiger partial charge in [0.05, 0.1) is 28.5 Å². The van der Waals surface area contributed by atoms with Gasteiger partial charge in [0, 0.05) is 0 Å². The second kappa shape index (κ2) is 11.4. The molecule has 0 unspecified atom stereocenters. The maximum absolute atomic E-state index is 13.8. The molecule has 2 heterocycles. The lowest BCUT2D eigenvalue weighted by Crippen LogP contribution is -2.39. The number of ether oxygens (including phenoxy) is 2. The van der Waals surface area contributed by atoms with Crippen LogP contribution in [0, 0.1) is 19.7 Å². The molecule has 40 heavy (non-hydrogen) atoms. The minimum atomic E-state index is -0.635. The van der Waals surface area contributed by atoms with Gasteiger partial charge >= 0.3 is 5.97 Å². The molecule has 3 aromatic carbocycles. The molecule has 0 N–H and O–H groups in total. The number of hydrogen-bond acceptors (Lipinski definition) is 6. The van der Waals surface area contributed by atoms with Gasteiger partial charge in [-0.25, -0.2) is 14.2 Å². The fourth-order valence-electron chi connectivity index (χ4n) is 4.92. The van der Waals surface area contributed by atoms with Gasteiger partial charge in [0.25, 0.3) is 5.56 Å². The maximum atomic E-state index is 13.8. The van der Waals surface area contributed by atoms with Gasteiger partial charge in [0.1, 0.15) is 18.2 Å². The molecule has 0 saturated carbocycles. The first-order chi connectivity index (χ1) is 19.3. The number of hydrogen-bond donors (Lipinski definition) is 0. The third kappa shape index (κ3) is 5.40. The zero-order valence-corrected chi connectivity index (χ0v) is 23.5. The Labute approximate surface area is 235 Å². The highest BCUT2D eigenvalue weighted by Crippen LogP contribution is 2.31. The van der Waals surface area contributed by atoms with Crippen molar-refractivity contribution in [1.29, 1.82) is 0 Å². The molecule has 0 bridgehead atoms. The van der Waals surface area contributed by atoms with E-state index < -0.39 is 12.0 Å². The Balaban J connectivity index is 1.54. The molecule has 0 amide bonds. The molecule has 0 saturated heterocycles. The van der Waals surface area contributed by atoms with Crippen LogP contribution in [0.5, 0.6) is 5.75 Å². The number of aromatic nitrogens is 1. The third-order valence-corrected chi connectivity index (χ3v) is 7.69. The summed E-state index contributed by atoms with van der Waals surface area (Å²) < 4.78 is 26.7.